The third-order valence-corrected chi connectivity index (χ3v) is 6.08. The zero-order chi connectivity index (χ0) is 23.0. The van der Waals surface area contributed by atoms with Gasteiger partial charge >= 0.3 is 6.09 Å². The minimum Gasteiger partial charge on any atom is -0.465 e. The summed E-state index contributed by atoms with van der Waals surface area (Å²) < 4.78 is 10.6. The maximum absolute atomic E-state index is 11.5. The summed E-state index contributed by atoms with van der Waals surface area (Å²) in [5.74, 6) is 0.442. The number of hydrogen-bond donors (Lipinski definition) is 3. The van der Waals surface area contributed by atoms with Crippen molar-refractivity contribution in [1.82, 2.24) is 15.0 Å². The van der Waals surface area contributed by atoms with Crippen molar-refractivity contribution in [3.8, 4) is 10.6 Å². The van der Waals surface area contributed by atoms with E-state index in [1.165, 1.54) is 23.3 Å². The highest BCUT2D eigenvalue weighted by Crippen LogP contribution is 2.29. The summed E-state index contributed by atoms with van der Waals surface area (Å²) in [6.45, 7) is 2.16. The molecule has 33 heavy (non-hydrogen) atoms. The maximum atomic E-state index is 11.5. The Hall–Kier alpha value is -3.28. The summed E-state index contributed by atoms with van der Waals surface area (Å²) in [6.07, 6.45) is 4.90. The Kier molecular flexibility index (Phi) is 7.66. The number of rotatable bonds is 10. The Bertz CT molecular complexity index is 1060. The van der Waals surface area contributed by atoms with E-state index in [1.807, 2.05) is 6.07 Å². The Balaban J connectivity index is 1.39. The molecular weight excluding hydrogens is 444 g/mol. The first-order valence-electron chi connectivity index (χ1n) is 10.6. The van der Waals surface area contributed by atoms with E-state index in [1.54, 1.807) is 36.7 Å². The van der Waals surface area contributed by atoms with Crippen molar-refractivity contribution in [2.75, 3.05) is 48.9 Å². The number of benzene rings is 1. The molecule has 0 radical (unpaired) electrons. The standard InChI is InChI=1S/C22H26N6O4S/c1-31-12-10-28(22(29)30)16-6-4-15(5-7-16)26-20-23-9-8-18(27-20)19-14-25-21(33-19)24-13-17-3-2-11-32-17/h4-9,14,17H,2-3,10-13H2,1H3,(H,24,25)(H,29,30)(H,23,26,27). The van der Waals surface area contributed by atoms with Crippen LogP contribution in [-0.2, 0) is 9.47 Å². The maximum Gasteiger partial charge on any atom is 0.411 e. The fourth-order valence-electron chi connectivity index (χ4n) is 3.41. The van der Waals surface area contributed by atoms with Crippen LogP contribution in [0.4, 0.5) is 27.2 Å². The molecule has 0 spiro atoms. The first kappa shape index (κ1) is 22.9. The van der Waals surface area contributed by atoms with E-state index >= 15 is 0 Å². The molecule has 4 rings (SSSR count). The molecule has 1 fully saturated rings. The van der Waals surface area contributed by atoms with Crippen LogP contribution in [0.1, 0.15) is 12.8 Å². The number of methoxy groups -OCH3 is 1. The average molecular weight is 471 g/mol. The molecule has 174 valence electrons. The third-order valence-electron chi connectivity index (χ3n) is 5.10. The number of hydrogen-bond acceptors (Lipinski definition) is 9. The van der Waals surface area contributed by atoms with Crippen LogP contribution in [0.5, 0.6) is 0 Å². The largest absolute Gasteiger partial charge is 0.465 e. The number of thiazole rings is 1. The van der Waals surface area contributed by atoms with Crippen LogP contribution < -0.4 is 15.5 Å². The van der Waals surface area contributed by atoms with E-state index in [9.17, 15) is 9.90 Å². The number of carbonyl (C=O) groups is 1. The molecule has 1 aromatic carbocycles. The van der Waals surface area contributed by atoms with Crippen molar-refractivity contribution in [2.45, 2.75) is 18.9 Å². The molecule has 1 atom stereocenters. The second-order valence-corrected chi connectivity index (χ2v) is 8.44. The zero-order valence-electron chi connectivity index (χ0n) is 18.2. The molecule has 1 amide bonds. The monoisotopic (exact) mass is 470 g/mol. The predicted molar refractivity (Wildman–Crippen MR) is 128 cm³/mol. The number of anilines is 4. The Morgan fingerprint density at radius 2 is 2.15 bits per heavy atom. The van der Waals surface area contributed by atoms with Gasteiger partial charge in [0.15, 0.2) is 5.13 Å². The third kappa shape index (κ3) is 6.15. The van der Waals surface area contributed by atoms with Crippen molar-refractivity contribution < 1.29 is 19.4 Å². The normalized spacial score (nSPS) is 15.4. The smallest absolute Gasteiger partial charge is 0.411 e. The summed E-state index contributed by atoms with van der Waals surface area (Å²) in [5, 5.41) is 16.7. The molecule has 2 aromatic heterocycles. The molecule has 11 heteroatoms. The molecule has 0 aliphatic carbocycles. The van der Waals surface area contributed by atoms with Crippen LogP contribution in [0.3, 0.4) is 0 Å². The van der Waals surface area contributed by atoms with Crippen molar-refractivity contribution in [1.29, 1.82) is 0 Å². The lowest BCUT2D eigenvalue weighted by atomic mass is 10.2. The molecule has 1 aliphatic heterocycles. The molecule has 3 aromatic rings. The molecule has 1 unspecified atom stereocenters. The van der Waals surface area contributed by atoms with Crippen molar-refractivity contribution in [3.63, 3.8) is 0 Å². The second-order valence-electron chi connectivity index (χ2n) is 7.41. The van der Waals surface area contributed by atoms with Gasteiger partial charge in [-0.25, -0.2) is 19.7 Å². The highest BCUT2D eigenvalue weighted by Gasteiger charge is 2.16. The Morgan fingerprint density at radius 3 is 2.88 bits per heavy atom. The molecule has 0 saturated carbocycles. The first-order chi connectivity index (χ1) is 16.1. The Morgan fingerprint density at radius 1 is 1.30 bits per heavy atom. The summed E-state index contributed by atoms with van der Waals surface area (Å²) in [4.78, 5) is 27.0. The van der Waals surface area contributed by atoms with Crippen LogP contribution in [0.2, 0.25) is 0 Å². The zero-order valence-corrected chi connectivity index (χ0v) is 19.0. The van der Waals surface area contributed by atoms with E-state index in [4.69, 9.17) is 9.47 Å². The van der Waals surface area contributed by atoms with E-state index in [0.717, 1.165) is 47.4 Å². The van der Waals surface area contributed by atoms with Crippen molar-refractivity contribution in [3.05, 3.63) is 42.7 Å². The second kappa shape index (κ2) is 11.0. The number of nitrogens with one attached hydrogen (secondary N) is 2. The van der Waals surface area contributed by atoms with E-state index in [2.05, 4.69) is 25.6 Å². The first-order valence-corrected chi connectivity index (χ1v) is 11.5. The van der Waals surface area contributed by atoms with Gasteiger partial charge < -0.3 is 25.2 Å². The fourth-order valence-corrected chi connectivity index (χ4v) is 4.20. The number of carboxylic acid groups (broad SMARTS) is 1. The van der Waals surface area contributed by atoms with Crippen molar-refractivity contribution in [2.24, 2.45) is 0 Å². The molecule has 10 nitrogen and oxygen atoms in total. The van der Waals surface area contributed by atoms with Gasteiger partial charge in [0, 0.05) is 44.0 Å². The van der Waals surface area contributed by atoms with Gasteiger partial charge in [0.25, 0.3) is 0 Å². The predicted octanol–water partition coefficient (Wildman–Crippen LogP) is 4.07. The van der Waals surface area contributed by atoms with Crippen LogP contribution >= 0.6 is 11.3 Å². The fraction of sp³-hybridized carbons (Fsp3) is 0.364. The molecule has 3 N–H and O–H groups in total. The summed E-state index contributed by atoms with van der Waals surface area (Å²) in [5.41, 5.74) is 2.08. The number of amides is 1. The van der Waals surface area contributed by atoms with Crippen LogP contribution in [0.25, 0.3) is 10.6 Å². The lowest BCUT2D eigenvalue weighted by Gasteiger charge is -2.19. The average Bonchev–Trinajstić information content (AvgIpc) is 3.51. The lowest BCUT2D eigenvalue weighted by molar-refractivity contribution is 0.120. The minimum absolute atomic E-state index is 0.251. The minimum atomic E-state index is -1.03. The summed E-state index contributed by atoms with van der Waals surface area (Å²) in [7, 11) is 1.54. The van der Waals surface area contributed by atoms with E-state index < -0.39 is 6.09 Å². The highest BCUT2D eigenvalue weighted by atomic mass is 32.1. The summed E-state index contributed by atoms with van der Waals surface area (Å²) in [6, 6.07) is 8.87. The Labute approximate surface area is 195 Å². The van der Waals surface area contributed by atoms with Gasteiger partial charge in [0.2, 0.25) is 5.95 Å². The lowest BCUT2D eigenvalue weighted by Crippen LogP contribution is -2.32. The van der Waals surface area contributed by atoms with E-state index in [-0.39, 0.29) is 12.6 Å². The summed E-state index contributed by atoms with van der Waals surface area (Å²) >= 11 is 1.53. The van der Waals surface area contributed by atoms with Gasteiger partial charge in [0.05, 0.1) is 29.8 Å². The van der Waals surface area contributed by atoms with Gasteiger partial charge in [-0.15, -0.1) is 0 Å². The van der Waals surface area contributed by atoms with Gasteiger partial charge in [-0.3, -0.25) is 4.90 Å². The van der Waals surface area contributed by atoms with E-state index in [0.29, 0.717) is 18.2 Å². The van der Waals surface area contributed by atoms with Gasteiger partial charge in [-0.2, -0.15) is 0 Å². The molecular formula is C22H26N6O4S. The van der Waals surface area contributed by atoms with Crippen LogP contribution in [0, 0.1) is 0 Å². The van der Waals surface area contributed by atoms with Crippen LogP contribution in [-0.4, -0.2) is 65.7 Å². The topological polar surface area (TPSA) is 122 Å². The molecule has 0 bridgehead atoms. The van der Waals surface area contributed by atoms with Crippen molar-refractivity contribution >= 4 is 39.9 Å². The number of nitrogens with zero attached hydrogens (tertiary/aromatic N) is 4. The molecule has 1 saturated heterocycles. The number of aromatic nitrogens is 3. The molecule has 1 aliphatic rings. The van der Waals surface area contributed by atoms with Crippen LogP contribution in [0.15, 0.2) is 42.7 Å². The highest BCUT2D eigenvalue weighted by molar-refractivity contribution is 7.18. The van der Waals surface area contributed by atoms with Gasteiger partial charge in [0.1, 0.15) is 0 Å². The number of ether oxygens (including phenoxy) is 2. The molecule has 3 heterocycles. The SMILES string of the molecule is COCCN(C(=O)O)c1ccc(Nc2nccc(-c3cnc(NCC4CCCO4)s3)n2)cc1. The van der Waals surface area contributed by atoms with Gasteiger partial charge in [-0.1, -0.05) is 11.3 Å². The van der Waals surface area contributed by atoms with Gasteiger partial charge in [-0.05, 0) is 43.2 Å². The quantitative estimate of drug-likeness (QED) is 0.402.